The van der Waals surface area contributed by atoms with Gasteiger partial charge in [-0.25, -0.2) is 0 Å². The molecule has 0 atom stereocenters. The van der Waals surface area contributed by atoms with E-state index in [1.54, 1.807) is 4.90 Å². The Kier molecular flexibility index (Phi) is 6.24. The van der Waals surface area contributed by atoms with Gasteiger partial charge >= 0.3 is 0 Å². The minimum Gasteiger partial charge on any atom is -0.340 e. The van der Waals surface area contributed by atoms with Crippen LogP contribution in [0.1, 0.15) is 23.1 Å². The second-order valence-electron chi connectivity index (χ2n) is 7.11. The summed E-state index contributed by atoms with van der Waals surface area (Å²) in [5.41, 5.74) is 4.21. The highest BCUT2D eigenvalue weighted by molar-refractivity contribution is 6.03. The van der Waals surface area contributed by atoms with Gasteiger partial charge in [0.1, 0.15) is 6.42 Å². The van der Waals surface area contributed by atoms with Crippen LogP contribution >= 0.6 is 0 Å². The highest BCUT2D eigenvalue weighted by Gasteiger charge is 2.23. The zero-order valence-corrected chi connectivity index (χ0v) is 16.1. The Bertz CT molecular complexity index is 796. The molecule has 0 bridgehead atoms. The molecule has 1 saturated heterocycles. The van der Waals surface area contributed by atoms with Gasteiger partial charge in [-0.1, -0.05) is 42.5 Å². The second-order valence-corrected chi connectivity index (χ2v) is 7.11. The molecule has 0 aliphatic carbocycles. The monoisotopic (exact) mass is 365 g/mol. The fraction of sp³-hybridized carbons (Fsp3) is 0.364. The Balaban J connectivity index is 1.46. The van der Waals surface area contributed by atoms with E-state index in [0.29, 0.717) is 13.1 Å². The van der Waals surface area contributed by atoms with Crippen molar-refractivity contribution in [2.75, 3.05) is 31.5 Å². The van der Waals surface area contributed by atoms with Crippen molar-refractivity contribution in [3.05, 3.63) is 65.2 Å². The van der Waals surface area contributed by atoms with Crippen LogP contribution in [0.2, 0.25) is 0 Å². The van der Waals surface area contributed by atoms with Gasteiger partial charge in [0.05, 0.1) is 0 Å². The lowest BCUT2D eigenvalue weighted by atomic mass is 10.1. The summed E-state index contributed by atoms with van der Waals surface area (Å²) in [4.78, 5) is 28.9. The van der Waals surface area contributed by atoms with Gasteiger partial charge in [-0.05, 0) is 36.6 Å². The number of nitrogens with zero attached hydrogens (tertiary/aromatic N) is 2. The lowest BCUT2D eigenvalue weighted by Gasteiger charge is -2.34. The van der Waals surface area contributed by atoms with Crippen molar-refractivity contribution >= 4 is 17.5 Å². The van der Waals surface area contributed by atoms with Gasteiger partial charge in [-0.15, -0.1) is 0 Å². The number of hydrogen-bond donors (Lipinski definition) is 1. The molecular weight excluding hydrogens is 338 g/mol. The van der Waals surface area contributed by atoms with Crippen molar-refractivity contribution in [3.8, 4) is 0 Å². The fourth-order valence-corrected chi connectivity index (χ4v) is 3.33. The van der Waals surface area contributed by atoms with Crippen LogP contribution in [0.3, 0.4) is 0 Å². The number of hydrogen-bond acceptors (Lipinski definition) is 3. The topological polar surface area (TPSA) is 52.7 Å². The molecule has 0 spiro atoms. The maximum Gasteiger partial charge on any atom is 0.233 e. The average molecular weight is 365 g/mol. The molecular formula is C22H27N3O2. The van der Waals surface area contributed by atoms with Crippen LogP contribution in [0.4, 0.5) is 5.69 Å². The summed E-state index contributed by atoms with van der Waals surface area (Å²) in [6.07, 6.45) is -0.105. The molecule has 27 heavy (non-hydrogen) atoms. The minimum atomic E-state index is -0.250. The van der Waals surface area contributed by atoms with Crippen molar-refractivity contribution in [2.45, 2.75) is 26.8 Å². The van der Waals surface area contributed by atoms with Gasteiger partial charge in [-0.2, -0.15) is 0 Å². The quantitative estimate of drug-likeness (QED) is 0.829. The van der Waals surface area contributed by atoms with E-state index >= 15 is 0 Å². The molecule has 1 heterocycles. The Morgan fingerprint density at radius 3 is 2.33 bits per heavy atom. The van der Waals surface area contributed by atoms with E-state index in [9.17, 15) is 9.59 Å². The Morgan fingerprint density at radius 2 is 1.63 bits per heavy atom. The third-order valence-corrected chi connectivity index (χ3v) is 5.16. The first-order valence-electron chi connectivity index (χ1n) is 9.43. The molecule has 0 radical (unpaired) electrons. The molecule has 1 fully saturated rings. The van der Waals surface area contributed by atoms with Gasteiger partial charge in [0.25, 0.3) is 0 Å². The highest BCUT2D eigenvalue weighted by Crippen LogP contribution is 2.18. The zero-order chi connectivity index (χ0) is 19.2. The van der Waals surface area contributed by atoms with Crippen molar-refractivity contribution in [2.24, 2.45) is 0 Å². The molecule has 2 amide bonds. The van der Waals surface area contributed by atoms with Crippen LogP contribution in [0.25, 0.3) is 0 Å². The maximum atomic E-state index is 12.5. The minimum absolute atomic E-state index is 0.0998. The fourth-order valence-electron chi connectivity index (χ4n) is 3.33. The standard InChI is InChI=1S/C22H27N3O2/c1-17-7-6-10-20(18(17)2)23-21(26)15-22(27)25-13-11-24(12-14-25)16-19-8-4-3-5-9-19/h3-10H,11-16H2,1-2H3,(H,23,26). The van der Waals surface area contributed by atoms with E-state index in [-0.39, 0.29) is 18.2 Å². The Labute approximate surface area is 161 Å². The number of benzene rings is 2. The summed E-state index contributed by atoms with van der Waals surface area (Å²) >= 11 is 0. The first kappa shape index (κ1) is 19.1. The van der Waals surface area contributed by atoms with E-state index in [2.05, 4.69) is 22.3 Å². The summed E-state index contributed by atoms with van der Waals surface area (Å²) < 4.78 is 0. The van der Waals surface area contributed by atoms with Crippen molar-refractivity contribution < 1.29 is 9.59 Å². The van der Waals surface area contributed by atoms with Crippen LogP contribution in [0.5, 0.6) is 0 Å². The number of aryl methyl sites for hydroxylation is 1. The number of amides is 2. The van der Waals surface area contributed by atoms with E-state index in [4.69, 9.17) is 0 Å². The Morgan fingerprint density at radius 1 is 0.926 bits per heavy atom. The molecule has 5 heteroatoms. The molecule has 0 unspecified atom stereocenters. The molecule has 0 aromatic heterocycles. The third kappa shape index (κ3) is 5.17. The molecule has 5 nitrogen and oxygen atoms in total. The van der Waals surface area contributed by atoms with Gasteiger partial charge in [0.15, 0.2) is 0 Å². The van der Waals surface area contributed by atoms with E-state index in [1.807, 2.05) is 50.2 Å². The molecule has 0 saturated carbocycles. The summed E-state index contributed by atoms with van der Waals surface area (Å²) in [5.74, 6) is -0.349. The van der Waals surface area contributed by atoms with E-state index < -0.39 is 0 Å². The molecule has 142 valence electrons. The largest absolute Gasteiger partial charge is 0.340 e. The van der Waals surface area contributed by atoms with E-state index in [1.165, 1.54) is 5.56 Å². The van der Waals surface area contributed by atoms with Crippen LogP contribution < -0.4 is 5.32 Å². The van der Waals surface area contributed by atoms with Crippen molar-refractivity contribution in [3.63, 3.8) is 0 Å². The molecule has 2 aromatic carbocycles. The molecule has 1 N–H and O–H groups in total. The number of piperazine rings is 1. The molecule has 2 aromatic rings. The molecule has 3 rings (SSSR count). The number of carbonyl (C=O) groups excluding carboxylic acids is 2. The maximum absolute atomic E-state index is 12.5. The number of nitrogens with one attached hydrogen (secondary N) is 1. The lowest BCUT2D eigenvalue weighted by Crippen LogP contribution is -2.48. The highest BCUT2D eigenvalue weighted by atomic mass is 16.2. The van der Waals surface area contributed by atoms with Crippen molar-refractivity contribution in [1.82, 2.24) is 9.80 Å². The zero-order valence-electron chi connectivity index (χ0n) is 16.1. The molecule has 1 aliphatic heterocycles. The van der Waals surface area contributed by atoms with Crippen LogP contribution in [-0.4, -0.2) is 47.8 Å². The first-order chi connectivity index (χ1) is 13.0. The molecule has 1 aliphatic rings. The van der Waals surface area contributed by atoms with Crippen LogP contribution in [-0.2, 0) is 16.1 Å². The summed E-state index contributed by atoms with van der Waals surface area (Å²) in [6.45, 7) is 7.88. The number of anilines is 1. The smallest absolute Gasteiger partial charge is 0.233 e. The van der Waals surface area contributed by atoms with Crippen LogP contribution in [0, 0.1) is 13.8 Å². The number of carbonyl (C=O) groups is 2. The van der Waals surface area contributed by atoms with E-state index in [0.717, 1.165) is 36.4 Å². The second kappa shape index (κ2) is 8.82. The predicted molar refractivity (Wildman–Crippen MR) is 107 cm³/mol. The first-order valence-corrected chi connectivity index (χ1v) is 9.43. The van der Waals surface area contributed by atoms with Crippen LogP contribution in [0.15, 0.2) is 48.5 Å². The normalized spacial score (nSPS) is 14.8. The Hall–Kier alpha value is -2.66. The van der Waals surface area contributed by atoms with Gasteiger partial charge in [0, 0.05) is 38.4 Å². The van der Waals surface area contributed by atoms with Crippen molar-refractivity contribution in [1.29, 1.82) is 0 Å². The SMILES string of the molecule is Cc1cccc(NC(=O)CC(=O)N2CCN(Cc3ccccc3)CC2)c1C. The van der Waals surface area contributed by atoms with Gasteiger partial charge in [0.2, 0.25) is 11.8 Å². The third-order valence-electron chi connectivity index (χ3n) is 5.16. The van der Waals surface area contributed by atoms with Gasteiger partial charge in [-0.3, -0.25) is 14.5 Å². The number of rotatable bonds is 5. The average Bonchev–Trinajstić information content (AvgIpc) is 2.67. The summed E-state index contributed by atoms with van der Waals surface area (Å²) in [7, 11) is 0. The summed E-state index contributed by atoms with van der Waals surface area (Å²) in [5, 5.41) is 2.87. The van der Waals surface area contributed by atoms with Gasteiger partial charge < -0.3 is 10.2 Å². The predicted octanol–water partition coefficient (Wildman–Crippen LogP) is 2.98. The lowest BCUT2D eigenvalue weighted by molar-refractivity contribution is -0.136. The summed E-state index contributed by atoms with van der Waals surface area (Å²) in [6, 6.07) is 16.1.